The second kappa shape index (κ2) is 4.77. The van der Waals surface area contributed by atoms with Crippen LogP contribution in [0.2, 0.25) is 0 Å². The molecule has 2 nitrogen and oxygen atoms in total. The molecule has 0 radical (unpaired) electrons. The van der Waals surface area contributed by atoms with Gasteiger partial charge in [-0.2, -0.15) is 5.26 Å². The van der Waals surface area contributed by atoms with Crippen LogP contribution in [0.5, 0.6) is 0 Å². The lowest BCUT2D eigenvalue weighted by atomic mass is 9.61. The van der Waals surface area contributed by atoms with Gasteiger partial charge in [-0.1, -0.05) is 32.4 Å². The van der Waals surface area contributed by atoms with E-state index < -0.39 is 10.8 Å². The van der Waals surface area contributed by atoms with Crippen LogP contribution in [-0.4, -0.2) is 5.78 Å². The lowest BCUT2D eigenvalue weighted by molar-refractivity contribution is -0.138. The molecule has 0 amide bonds. The quantitative estimate of drug-likeness (QED) is 0.813. The lowest BCUT2D eigenvalue weighted by Crippen LogP contribution is -2.45. The predicted molar refractivity (Wildman–Crippen MR) is 70.8 cm³/mol. The average Bonchev–Trinajstić information content (AvgIpc) is 2.35. The molecule has 19 heavy (non-hydrogen) atoms. The summed E-state index contributed by atoms with van der Waals surface area (Å²) >= 11 is 0. The molecule has 3 heteroatoms. The predicted octanol–water partition coefficient (Wildman–Crippen LogP) is 3.66. The molecule has 100 valence electrons. The molecule has 1 aliphatic rings. The lowest BCUT2D eigenvalue weighted by Gasteiger charge is -2.39. The summed E-state index contributed by atoms with van der Waals surface area (Å²) in [4.78, 5) is 12.6. The number of hydrogen-bond donors (Lipinski definition) is 0. The van der Waals surface area contributed by atoms with Crippen molar-refractivity contribution in [3.63, 3.8) is 0 Å². The van der Waals surface area contributed by atoms with Gasteiger partial charge >= 0.3 is 0 Å². The van der Waals surface area contributed by atoms with Crippen LogP contribution in [0.1, 0.15) is 38.7 Å². The van der Waals surface area contributed by atoms with Crippen LogP contribution in [0, 0.1) is 28.0 Å². The number of nitrogens with zero attached hydrogens (tertiary/aromatic N) is 1. The number of benzene rings is 1. The summed E-state index contributed by atoms with van der Waals surface area (Å²) in [5, 5.41) is 9.51. The maximum Gasteiger partial charge on any atom is 0.158 e. The minimum absolute atomic E-state index is 0.00184. The Balaban J connectivity index is 2.34. The number of halogens is 1. The van der Waals surface area contributed by atoms with Gasteiger partial charge in [0.1, 0.15) is 11.2 Å². The zero-order valence-electron chi connectivity index (χ0n) is 11.4. The van der Waals surface area contributed by atoms with Gasteiger partial charge in [-0.25, -0.2) is 4.39 Å². The van der Waals surface area contributed by atoms with Crippen molar-refractivity contribution in [1.29, 1.82) is 5.26 Å². The number of nitriles is 1. The first-order chi connectivity index (χ1) is 8.89. The SMILES string of the molecule is CC1(C)CCCC(C#N)(Cc2cccc(F)c2)C1=O. The molecule has 0 bridgehead atoms. The van der Waals surface area contributed by atoms with Gasteiger partial charge in [0.2, 0.25) is 0 Å². The molecule has 1 aromatic rings. The van der Waals surface area contributed by atoms with Gasteiger partial charge in [-0.3, -0.25) is 4.79 Å². The first-order valence-corrected chi connectivity index (χ1v) is 6.60. The molecule has 0 N–H and O–H groups in total. The van der Waals surface area contributed by atoms with Crippen molar-refractivity contribution >= 4 is 5.78 Å². The molecular formula is C16H18FNO. The van der Waals surface area contributed by atoms with Crippen molar-refractivity contribution < 1.29 is 9.18 Å². The molecule has 0 aromatic heterocycles. The fraction of sp³-hybridized carbons (Fsp3) is 0.500. The molecule has 1 unspecified atom stereocenters. The highest BCUT2D eigenvalue weighted by molar-refractivity contribution is 5.93. The fourth-order valence-electron chi connectivity index (χ4n) is 3.02. The number of carbonyl (C=O) groups excluding carboxylic acids is 1. The second-order valence-electron chi connectivity index (χ2n) is 6.07. The van der Waals surface area contributed by atoms with Crippen molar-refractivity contribution in [3.05, 3.63) is 35.6 Å². The van der Waals surface area contributed by atoms with Crippen LogP contribution in [0.25, 0.3) is 0 Å². The molecule has 0 heterocycles. The Hall–Kier alpha value is -1.69. The van der Waals surface area contributed by atoms with Gasteiger partial charge in [0, 0.05) is 5.41 Å². The molecule has 1 saturated carbocycles. The van der Waals surface area contributed by atoms with Gasteiger partial charge in [0.05, 0.1) is 6.07 Å². The van der Waals surface area contributed by atoms with Gasteiger partial charge in [0.15, 0.2) is 5.78 Å². The van der Waals surface area contributed by atoms with E-state index in [1.54, 1.807) is 12.1 Å². The first kappa shape index (κ1) is 13.7. The molecule has 1 aromatic carbocycles. The van der Waals surface area contributed by atoms with Gasteiger partial charge in [-0.15, -0.1) is 0 Å². The number of hydrogen-bond acceptors (Lipinski definition) is 2. The van der Waals surface area contributed by atoms with E-state index in [-0.39, 0.29) is 11.6 Å². The summed E-state index contributed by atoms with van der Waals surface area (Å²) in [6.07, 6.45) is 2.56. The Bertz CT molecular complexity index is 544. The van der Waals surface area contributed by atoms with Crippen molar-refractivity contribution in [3.8, 4) is 6.07 Å². The Morgan fingerprint density at radius 2 is 2.11 bits per heavy atom. The standard InChI is InChI=1S/C16H18FNO/c1-15(2)7-4-8-16(11-18,14(15)19)10-12-5-3-6-13(17)9-12/h3,5-6,9H,4,7-8,10H2,1-2H3. The minimum Gasteiger partial charge on any atom is -0.297 e. The number of rotatable bonds is 2. The maximum atomic E-state index is 13.2. The van der Waals surface area contributed by atoms with Crippen molar-refractivity contribution in [2.45, 2.75) is 39.5 Å². The van der Waals surface area contributed by atoms with Crippen molar-refractivity contribution in [2.24, 2.45) is 10.8 Å². The number of carbonyl (C=O) groups is 1. The Morgan fingerprint density at radius 3 is 2.74 bits per heavy atom. The molecule has 0 saturated heterocycles. The summed E-state index contributed by atoms with van der Waals surface area (Å²) in [7, 11) is 0. The average molecular weight is 259 g/mol. The Kier molecular flexibility index (Phi) is 3.45. The highest BCUT2D eigenvalue weighted by Crippen LogP contribution is 2.44. The van der Waals surface area contributed by atoms with E-state index in [0.717, 1.165) is 12.8 Å². The fourth-order valence-corrected chi connectivity index (χ4v) is 3.02. The van der Waals surface area contributed by atoms with Gasteiger partial charge in [-0.05, 0) is 37.0 Å². The van der Waals surface area contributed by atoms with E-state index in [1.807, 2.05) is 13.8 Å². The normalized spacial score (nSPS) is 25.9. The summed E-state index contributed by atoms with van der Waals surface area (Å²) in [5.74, 6) is -0.328. The number of ketones is 1. The van der Waals surface area contributed by atoms with Crippen LogP contribution in [0.15, 0.2) is 24.3 Å². The zero-order chi connectivity index (χ0) is 14.1. The molecule has 2 rings (SSSR count). The van der Waals surface area contributed by atoms with Crippen LogP contribution >= 0.6 is 0 Å². The van der Waals surface area contributed by atoms with E-state index in [0.29, 0.717) is 18.4 Å². The van der Waals surface area contributed by atoms with Gasteiger partial charge in [0.25, 0.3) is 0 Å². The van der Waals surface area contributed by atoms with Crippen LogP contribution < -0.4 is 0 Å². The molecule has 1 aliphatic carbocycles. The topological polar surface area (TPSA) is 40.9 Å². The molecule has 1 atom stereocenters. The summed E-state index contributed by atoms with van der Waals surface area (Å²) < 4.78 is 13.2. The van der Waals surface area contributed by atoms with Crippen LogP contribution in [0.3, 0.4) is 0 Å². The zero-order valence-corrected chi connectivity index (χ0v) is 11.4. The first-order valence-electron chi connectivity index (χ1n) is 6.60. The molecular weight excluding hydrogens is 241 g/mol. The monoisotopic (exact) mass is 259 g/mol. The van der Waals surface area contributed by atoms with Crippen LogP contribution in [-0.2, 0) is 11.2 Å². The highest BCUT2D eigenvalue weighted by Gasteiger charge is 2.48. The third kappa shape index (κ3) is 2.53. The Morgan fingerprint density at radius 1 is 1.37 bits per heavy atom. The summed E-state index contributed by atoms with van der Waals surface area (Å²) in [6, 6.07) is 8.39. The highest BCUT2D eigenvalue weighted by atomic mass is 19.1. The van der Waals surface area contributed by atoms with E-state index >= 15 is 0 Å². The Labute approximate surface area is 113 Å². The van der Waals surface area contributed by atoms with Crippen LogP contribution in [0.4, 0.5) is 4.39 Å². The third-order valence-electron chi connectivity index (χ3n) is 4.06. The molecule has 1 fully saturated rings. The van der Waals surface area contributed by atoms with E-state index in [9.17, 15) is 14.4 Å². The smallest absolute Gasteiger partial charge is 0.158 e. The number of Topliss-reactive ketones (excluding diaryl/α,β-unsaturated/α-hetero) is 1. The van der Waals surface area contributed by atoms with Crippen molar-refractivity contribution in [1.82, 2.24) is 0 Å². The van der Waals surface area contributed by atoms with E-state index in [2.05, 4.69) is 6.07 Å². The minimum atomic E-state index is -0.991. The maximum absolute atomic E-state index is 13.2. The van der Waals surface area contributed by atoms with Crippen molar-refractivity contribution in [2.75, 3.05) is 0 Å². The van der Waals surface area contributed by atoms with Gasteiger partial charge < -0.3 is 0 Å². The largest absolute Gasteiger partial charge is 0.297 e. The van der Waals surface area contributed by atoms with E-state index in [4.69, 9.17) is 0 Å². The summed E-state index contributed by atoms with van der Waals surface area (Å²) in [5.41, 5.74) is -0.732. The van der Waals surface area contributed by atoms with E-state index in [1.165, 1.54) is 12.1 Å². The summed E-state index contributed by atoms with van der Waals surface area (Å²) in [6.45, 7) is 3.79. The third-order valence-corrected chi connectivity index (χ3v) is 4.06. The second-order valence-corrected chi connectivity index (χ2v) is 6.07. The molecule has 0 aliphatic heterocycles. The molecule has 0 spiro atoms.